The van der Waals surface area contributed by atoms with Crippen LogP contribution >= 0.6 is 0 Å². The highest BCUT2D eigenvalue weighted by Gasteiger charge is 2.22. The highest BCUT2D eigenvalue weighted by atomic mass is 32.2. The summed E-state index contributed by atoms with van der Waals surface area (Å²) in [6, 6.07) is 1.36. The van der Waals surface area contributed by atoms with Crippen LogP contribution in [0.5, 0.6) is 0 Å². The molecule has 0 fully saturated rings. The number of H-pyrrole nitrogens is 1. The molecule has 0 atom stereocenters. The Bertz CT molecular complexity index is 455. The highest BCUT2D eigenvalue weighted by Crippen LogP contribution is 2.10. The predicted octanol–water partition coefficient (Wildman–Crippen LogP) is -0.0166. The Kier molecular flexibility index (Phi) is 4.64. The van der Waals surface area contributed by atoms with E-state index in [1.165, 1.54) is 19.3 Å². The molecule has 8 heteroatoms. The minimum atomic E-state index is -3.60. The molecule has 1 rings (SSSR count). The molecule has 1 heterocycles. The van der Waals surface area contributed by atoms with Gasteiger partial charge in [0.25, 0.3) is 10.0 Å². The maximum absolute atomic E-state index is 11.9. The minimum Gasteiger partial charge on any atom is -0.466 e. The van der Waals surface area contributed by atoms with Crippen molar-refractivity contribution in [2.24, 2.45) is 0 Å². The lowest BCUT2D eigenvalue weighted by atomic mass is 10.4. The summed E-state index contributed by atoms with van der Waals surface area (Å²) in [5.74, 6) is -0.417. The van der Waals surface area contributed by atoms with Crippen LogP contribution in [0.2, 0.25) is 0 Å². The standard InChI is InChI=1S/C9H15N3O4S/c1-3-16-9(13)5-7-12(2)17(14,15)8-4-6-10-11-8/h4,6H,3,5,7H2,1-2H3,(H,10,11). The van der Waals surface area contributed by atoms with Gasteiger partial charge in [-0.2, -0.15) is 9.40 Å². The lowest BCUT2D eigenvalue weighted by Gasteiger charge is -2.14. The highest BCUT2D eigenvalue weighted by molar-refractivity contribution is 7.89. The van der Waals surface area contributed by atoms with Crippen LogP contribution in [0.3, 0.4) is 0 Å². The van der Waals surface area contributed by atoms with Crippen molar-refractivity contribution in [3.63, 3.8) is 0 Å². The fraction of sp³-hybridized carbons (Fsp3) is 0.556. The number of sulfonamides is 1. The molecule has 0 saturated carbocycles. The molecule has 0 aliphatic heterocycles. The number of aromatic nitrogens is 2. The van der Waals surface area contributed by atoms with E-state index in [2.05, 4.69) is 10.2 Å². The van der Waals surface area contributed by atoms with E-state index in [1.807, 2.05) is 0 Å². The summed E-state index contributed by atoms with van der Waals surface area (Å²) in [6.45, 7) is 2.05. The molecule has 1 aromatic rings. The topological polar surface area (TPSA) is 92.4 Å². The molecule has 0 aromatic carbocycles. The van der Waals surface area contributed by atoms with Crippen molar-refractivity contribution < 1.29 is 17.9 Å². The molecule has 1 aromatic heterocycles. The lowest BCUT2D eigenvalue weighted by Crippen LogP contribution is -2.29. The molecule has 1 N–H and O–H groups in total. The number of hydrogen-bond acceptors (Lipinski definition) is 5. The second kappa shape index (κ2) is 5.78. The van der Waals surface area contributed by atoms with Gasteiger partial charge in [-0.3, -0.25) is 9.89 Å². The molecule has 0 amide bonds. The number of rotatable bonds is 6. The summed E-state index contributed by atoms with van der Waals surface area (Å²) in [6.07, 6.45) is 1.38. The molecule has 0 spiro atoms. The number of nitrogens with zero attached hydrogens (tertiary/aromatic N) is 2. The Labute approximate surface area is 99.8 Å². The van der Waals surface area contributed by atoms with E-state index in [0.29, 0.717) is 0 Å². The zero-order valence-electron chi connectivity index (χ0n) is 9.71. The Morgan fingerprint density at radius 3 is 2.82 bits per heavy atom. The molecule has 0 aliphatic rings. The minimum absolute atomic E-state index is 0.00357. The van der Waals surface area contributed by atoms with Crippen molar-refractivity contribution in [3.8, 4) is 0 Å². The van der Waals surface area contributed by atoms with Gasteiger partial charge in [-0.05, 0) is 13.0 Å². The van der Waals surface area contributed by atoms with Gasteiger partial charge in [0.05, 0.1) is 19.2 Å². The van der Waals surface area contributed by atoms with Crippen LogP contribution < -0.4 is 0 Å². The largest absolute Gasteiger partial charge is 0.466 e. The SMILES string of the molecule is CCOC(=O)CCN(C)S(=O)(=O)c1ccn[nH]1. The van der Waals surface area contributed by atoms with Gasteiger partial charge in [-0.25, -0.2) is 8.42 Å². The van der Waals surface area contributed by atoms with Gasteiger partial charge in [0.2, 0.25) is 0 Å². The Balaban J connectivity index is 2.59. The van der Waals surface area contributed by atoms with Crippen LogP contribution in [0.25, 0.3) is 0 Å². The molecular formula is C9H15N3O4S. The summed E-state index contributed by atoms with van der Waals surface area (Å²) >= 11 is 0. The third-order valence-corrected chi connectivity index (χ3v) is 3.89. The van der Waals surface area contributed by atoms with Gasteiger partial charge in [0.15, 0.2) is 5.03 Å². The second-order valence-electron chi connectivity index (χ2n) is 3.30. The van der Waals surface area contributed by atoms with Crippen LogP contribution in [-0.4, -0.2) is 49.1 Å². The van der Waals surface area contributed by atoms with Gasteiger partial charge < -0.3 is 4.74 Å². The normalized spacial score (nSPS) is 11.7. The van der Waals surface area contributed by atoms with Gasteiger partial charge in [-0.15, -0.1) is 0 Å². The van der Waals surface area contributed by atoms with Crippen molar-refractivity contribution in [3.05, 3.63) is 12.3 Å². The lowest BCUT2D eigenvalue weighted by molar-refractivity contribution is -0.143. The fourth-order valence-corrected chi connectivity index (χ4v) is 2.23. The van der Waals surface area contributed by atoms with Crippen LogP contribution in [0.4, 0.5) is 0 Å². The molecule has 0 radical (unpaired) electrons. The summed E-state index contributed by atoms with van der Waals surface area (Å²) in [5.41, 5.74) is 0. The summed E-state index contributed by atoms with van der Waals surface area (Å²) in [5, 5.41) is 5.95. The number of nitrogens with one attached hydrogen (secondary N) is 1. The van der Waals surface area contributed by atoms with Crippen molar-refractivity contribution in [1.82, 2.24) is 14.5 Å². The number of esters is 1. The second-order valence-corrected chi connectivity index (χ2v) is 5.32. The van der Waals surface area contributed by atoms with Crippen LogP contribution in [0.15, 0.2) is 17.3 Å². The van der Waals surface area contributed by atoms with Crippen LogP contribution in [0, 0.1) is 0 Å². The molecule has 0 aliphatic carbocycles. The van der Waals surface area contributed by atoms with E-state index in [9.17, 15) is 13.2 Å². The van der Waals surface area contributed by atoms with E-state index in [0.717, 1.165) is 4.31 Å². The molecule has 0 bridgehead atoms. The first-order valence-electron chi connectivity index (χ1n) is 5.09. The fourth-order valence-electron chi connectivity index (χ4n) is 1.16. The first kappa shape index (κ1) is 13.7. The van der Waals surface area contributed by atoms with Crippen molar-refractivity contribution >= 4 is 16.0 Å². The first-order valence-corrected chi connectivity index (χ1v) is 6.53. The van der Waals surface area contributed by atoms with Crippen molar-refractivity contribution in [1.29, 1.82) is 0 Å². The van der Waals surface area contributed by atoms with E-state index in [-0.39, 0.29) is 24.6 Å². The van der Waals surface area contributed by atoms with Gasteiger partial charge in [0.1, 0.15) is 0 Å². The van der Waals surface area contributed by atoms with E-state index in [4.69, 9.17) is 4.74 Å². The Morgan fingerprint density at radius 1 is 1.59 bits per heavy atom. The van der Waals surface area contributed by atoms with Gasteiger partial charge in [0, 0.05) is 13.6 Å². The molecular weight excluding hydrogens is 246 g/mol. The third kappa shape index (κ3) is 3.53. The number of aromatic amines is 1. The zero-order chi connectivity index (χ0) is 12.9. The van der Waals surface area contributed by atoms with Crippen molar-refractivity contribution in [2.75, 3.05) is 20.2 Å². The smallest absolute Gasteiger partial charge is 0.307 e. The average Bonchev–Trinajstić information content (AvgIpc) is 2.80. The summed E-state index contributed by atoms with van der Waals surface area (Å²) < 4.78 is 29.5. The molecule has 0 saturated heterocycles. The third-order valence-electron chi connectivity index (χ3n) is 2.10. The number of carbonyl (C=O) groups excluding carboxylic acids is 1. The van der Waals surface area contributed by atoms with E-state index in [1.54, 1.807) is 6.92 Å². The summed E-state index contributed by atoms with van der Waals surface area (Å²) in [7, 11) is -2.20. The first-order chi connectivity index (χ1) is 7.98. The zero-order valence-corrected chi connectivity index (χ0v) is 10.5. The maximum Gasteiger partial charge on any atom is 0.307 e. The van der Waals surface area contributed by atoms with E-state index < -0.39 is 16.0 Å². The average molecular weight is 261 g/mol. The molecule has 7 nitrogen and oxygen atoms in total. The van der Waals surface area contributed by atoms with Gasteiger partial charge >= 0.3 is 5.97 Å². The van der Waals surface area contributed by atoms with E-state index >= 15 is 0 Å². The van der Waals surface area contributed by atoms with Crippen LogP contribution in [-0.2, 0) is 19.6 Å². The monoisotopic (exact) mass is 261 g/mol. The molecule has 0 unspecified atom stereocenters. The molecule has 96 valence electrons. The van der Waals surface area contributed by atoms with Gasteiger partial charge in [-0.1, -0.05) is 0 Å². The van der Waals surface area contributed by atoms with Crippen LogP contribution in [0.1, 0.15) is 13.3 Å². The number of hydrogen-bond donors (Lipinski definition) is 1. The quantitative estimate of drug-likeness (QED) is 0.727. The predicted molar refractivity (Wildman–Crippen MR) is 59.7 cm³/mol. The summed E-state index contributed by atoms with van der Waals surface area (Å²) in [4.78, 5) is 11.1. The Morgan fingerprint density at radius 2 is 2.29 bits per heavy atom. The van der Waals surface area contributed by atoms with Crippen molar-refractivity contribution in [2.45, 2.75) is 18.4 Å². The number of carbonyl (C=O) groups is 1. The Hall–Kier alpha value is -1.41. The maximum atomic E-state index is 11.9. The molecule has 17 heavy (non-hydrogen) atoms. The number of ether oxygens (including phenoxy) is 1.